The molecule has 0 spiro atoms. The van der Waals surface area contributed by atoms with Crippen LogP contribution in [0.2, 0.25) is 0 Å². The molecule has 6 N–H and O–H groups in total. The van der Waals surface area contributed by atoms with Crippen molar-refractivity contribution in [3.63, 3.8) is 0 Å². The van der Waals surface area contributed by atoms with Crippen LogP contribution in [0.4, 0.5) is 17.1 Å². The summed E-state index contributed by atoms with van der Waals surface area (Å²) in [6.07, 6.45) is 15.2. The minimum absolute atomic E-state index is 0.0327. The predicted molar refractivity (Wildman–Crippen MR) is 199 cm³/mol. The van der Waals surface area contributed by atoms with Gasteiger partial charge in [-0.25, -0.2) is 0 Å². The monoisotopic (exact) mass is 667 g/mol. The fourth-order valence-electron chi connectivity index (χ4n) is 12.7. The highest BCUT2D eigenvalue weighted by molar-refractivity contribution is 5.67. The molecule has 0 aliphatic heterocycles. The third-order valence-electron chi connectivity index (χ3n) is 13.6. The minimum Gasteiger partial charge on any atom is -0.457 e. The van der Waals surface area contributed by atoms with Crippen molar-refractivity contribution >= 4 is 17.1 Å². The van der Waals surface area contributed by atoms with Gasteiger partial charge in [0.25, 0.3) is 0 Å². The van der Waals surface area contributed by atoms with Gasteiger partial charge in [0.2, 0.25) is 0 Å². The zero-order valence-corrected chi connectivity index (χ0v) is 28.9. The van der Waals surface area contributed by atoms with E-state index < -0.39 is 0 Å². The van der Waals surface area contributed by atoms with Crippen LogP contribution in [-0.2, 0) is 10.8 Å². The number of hydrogen-bond acceptors (Lipinski definition) is 6. The van der Waals surface area contributed by atoms with Gasteiger partial charge < -0.3 is 31.4 Å². The highest BCUT2D eigenvalue weighted by atomic mass is 16.5. The van der Waals surface area contributed by atoms with Crippen molar-refractivity contribution in [3.05, 3.63) is 90.0 Å². The van der Waals surface area contributed by atoms with Gasteiger partial charge in [-0.3, -0.25) is 0 Å². The molecule has 8 fully saturated rings. The van der Waals surface area contributed by atoms with Gasteiger partial charge in [-0.1, -0.05) is 18.2 Å². The van der Waals surface area contributed by atoms with Crippen molar-refractivity contribution in [2.75, 3.05) is 17.2 Å². The van der Waals surface area contributed by atoms with E-state index in [2.05, 4.69) is 12.1 Å². The maximum absolute atomic E-state index is 7.37. The first kappa shape index (κ1) is 30.5. The van der Waals surface area contributed by atoms with E-state index in [1.807, 2.05) is 66.7 Å². The summed E-state index contributed by atoms with van der Waals surface area (Å²) in [7, 11) is 0. The van der Waals surface area contributed by atoms with Gasteiger partial charge >= 0.3 is 0 Å². The first-order chi connectivity index (χ1) is 24.3. The summed E-state index contributed by atoms with van der Waals surface area (Å²) in [5.74, 6) is 9.17. The molecular weight excluding hydrogens is 619 g/mol. The predicted octanol–water partition coefficient (Wildman–Crippen LogP) is 10.7. The second-order valence-corrected chi connectivity index (χ2v) is 17.4. The first-order valence-electron chi connectivity index (χ1n) is 19.1. The zero-order valence-electron chi connectivity index (χ0n) is 28.9. The van der Waals surface area contributed by atoms with Gasteiger partial charge in [-0.15, -0.1) is 0 Å². The fourth-order valence-corrected chi connectivity index (χ4v) is 12.7. The molecule has 8 aliphatic carbocycles. The number of hydrogen-bond donors (Lipinski definition) is 3. The van der Waals surface area contributed by atoms with Crippen LogP contribution in [-0.4, -0.2) is 0 Å². The van der Waals surface area contributed by atoms with Crippen molar-refractivity contribution in [1.29, 1.82) is 0 Å². The van der Waals surface area contributed by atoms with Gasteiger partial charge in [0, 0.05) is 51.8 Å². The van der Waals surface area contributed by atoms with E-state index in [0.29, 0.717) is 28.6 Å². The number of anilines is 3. The normalized spacial score (nSPS) is 33.0. The van der Waals surface area contributed by atoms with Crippen LogP contribution in [0.25, 0.3) is 0 Å². The lowest BCUT2D eigenvalue weighted by Crippen LogP contribution is -2.50. The summed E-state index contributed by atoms with van der Waals surface area (Å²) < 4.78 is 21.5. The standard InChI is InChI=1S/C44H49N3O3/c45-32-4-1-7-35(16-32)48-39-19-38(43-20-26-10-27(21-43)12-28(11-26)22-43)41(49-36-8-2-5-33(46)17-36)40(42(39)50-37-9-3-6-34(47)18-37)44-23-29-13-30(24-44)15-31(14-29)25-44/h1-9,16-19,26-31H,10-15,20-25,45-47H2. The van der Waals surface area contributed by atoms with Gasteiger partial charge in [0.05, 0.1) is 0 Å². The lowest BCUT2D eigenvalue weighted by Gasteiger charge is -2.59. The topological polar surface area (TPSA) is 106 Å². The largest absolute Gasteiger partial charge is 0.457 e. The van der Waals surface area contributed by atoms with Gasteiger partial charge in [0.15, 0.2) is 11.5 Å². The van der Waals surface area contributed by atoms with Gasteiger partial charge in [-0.05, 0) is 160 Å². The lowest BCUT2D eigenvalue weighted by molar-refractivity contribution is -0.0107. The van der Waals surface area contributed by atoms with E-state index in [4.69, 9.17) is 31.4 Å². The third-order valence-corrected chi connectivity index (χ3v) is 13.6. The Morgan fingerprint density at radius 3 is 1.24 bits per heavy atom. The second kappa shape index (κ2) is 11.3. The molecule has 258 valence electrons. The maximum Gasteiger partial charge on any atom is 0.177 e. The summed E-state index contributed by atoms with van der Waals surface area (Å²) in [6, 6.07) is 25.8. The molecule has 0 amide bonds. The van der Waals surface area contributed by atoms with E-state index in [9.17, 15) is 0 Å². The summed E-state index contributed by atoms with van der Waals surface area (Å²) in [5, 5.41) is 0. The average Bonchev–Trinajstić information content (AvgIpc) is 3.04. The molecule has 0 saturated heterocycles. The van der Waals surface area contributed by atoms with Crippen LogP contribution in [0.5, 0.6) is 34.5 Å². The Hall–Kier alpha value is -4.32. The minimum atomic E-state index is -0.0772. The molecule has 8 saturated carbocycles. The molecule has 6 heteroatoms. The number of nitrogen functional groups attached to an aromatic ring is 3. The fraction of sp³-hybridized carbons (Fsp3) is 0.455. The van der Waals surface area contributed by atoms with Crippen LogP contribution in [0.3, 0.4) is 0 Å². The molecular formula is C44H49N3O3. The van der Waals surface area contributed by atoms with E-state index >= 15 is 0 Å². The molecule has 6 nitrogen and oxygen atoms in total. The maximum atomic E-state index is 7.37. The van der Waals surface area contributed by atoms with Crippen molar-refractivity contribution in [2.24, 2.45) is 35.5 Å². The molecule has 0 atom stereocenters. The first-order valence-corrected chi connectivity index (χ1v) is 19.1. The summed E-state index contributed by atoms with van der Waals surface area (Å²) in [6.45, 7) is 0. The van der Waals surface area contributed by atoms with Crippen LogP contribution >= 0.6 is 0 Å². The number of nitrogens with two attached hydrogens (primary N) is 3. The molecule has 4 aromatic rings. The molecule has 12 rings (SSSR count). The Bertz CT molecular complexity index is 1900. The van der Waals surface area contributed by atoms with Crippen molar-refractivity contribution in [2.45, 2.75) is 87.9 Å². The zero-order chi connectivity index (χ0) is 33.6. The van der Waals surface area contributed by atoms with Gasteiger partial charge in [-0.2, -0.15) is 0 Å². The van der Waals surface area contributed by atoms with Crippen molar-refractivity contribution in [1.82, 2.24) is 0 Å². The number of rotatable bonds is 8. The average molecular weight is 668 g/mol. The molecule has 8 aliphatic rings. The van der Waals surface area contributed by atoms with Crippen molar-refractivity contribution < 1.29 is 14.2 Å². The SMILES string of the molecule is Nc1cccc(Oc2cc(C34CC5CC(CC(C5)C3)C4)c(Oc3cccc(N)c3)c(C34CC5CC(CC(C5)C3)C4)c2Oc2cccc(N)c2)c1. The van der Waals surface area contributed by atoms with Crippen LogP contribution in [0.1, 0.15) is 88.2 Å². The Kier molecular flexibility index (Phi) is 6.92. The highest BCUT2D eigenvalue weighted by Gasteiger charge is 2.57. The molecule has 0 aromatic heterocycles. The van der Waals surface area contributed by atoms with Crippen molar-refractivity contribution in [3.8, 4) is 34.5 Å². The number of ether oxygens (including phenoxy) is 3. The second-order valence-electron chi connectivity index (χ2n) is 17.4. The quantitative estimate of drug-likeness (QED) is 0.162. The Balaban J connectivity index is 1.26. The van der Waals surface area contributed by atoms with Crippen LogP contribution < -0.4 is 31.4 Å². The van der Waals surface area contributed by atoms with E-state index in [-0.39, 0.29) is 10.8 Å². The Labute approximate surface area is 295 Å². The third kappa shape index (κ3) is 5.20. The van der Waals surface area contributed by atoms with Crippen LogP contribution in [0, 0.1) is 35.5 Å². The molecule has 0 heterocycles. The Morgan fingerprint density at radius 2 is 0.820 bits per heavy atom. The summed E-state index contributed by atoms with van der Waals surface area (Å²) >= 11 is 0. The molecule has 50 heavy (non-hydrogen) atoms. The number of benzene rings is 4. The molecule has 4 aromatic carbocycles. The lowest BCUT2D eigenvalue weighted by atomic mass is 9.46. The Morgan fingerprint density at radius 1 is 0.440 bits per heavy atom. The smallest absolute Gasteiger partial charge is 0.177 e. The van der Waals surface area contributed by atoms with Crippen LogP contribution in [0.15, 0.2) is 78.9 Å². The van der Waals surface area contributed by atoms with E-state index in [1.54, 1.807) is 0 Å². The van der Waals surface area contributed by atoms with Gasteiger partial charge in [0.1, 0.15) is 23.0 Å². The summed E-state index contributed by atoms with van der Waals surface area (Å²) in [5.41, 5.74) is 23.6. The molecule has 8 bridgehead atoms. The molecule has 0 radical (unpaired) electrons. The summed E-state index contributed by atoms with van der Waals surface area (Å²) in [4.78, 5) is 0. The highest BCUT2D eigenvalue weighted by Crippen LogP contribution is 2.68. The van der Waals surface area contributed by atoms with E-state index in [0.717, 1.165) is 77.8 Å². The van der Waals surface area contributed by atoms with E-state index in [1.165, 1.54) is 68.9 Å². The molecule has 0 unspecified atom stereocenters.